The molecule has 1 saturated carbocycles. The average molecular weight is 341 g/mol. The van der Waals surface area contributed by atoms with Gasteiger partial charge in [-0.15, -0.1) is 0 Å². The highest BCUT2D eigenvalue weighted by atomic mass is 14.5. The highest BCUT2D eigenvalue weighted by Crippen LogP contribution is 2.61. The van der Waals surface area contributed by atoms with Crippen LogP contribution in [-0.2, 0) is 0 Å². The van der Waals surface area contributed by atoms with Crippen molar-refractivity contribution in [2.75, 3.05) is 0 Å². The summed E-state index contributed by atoms with van der Waals surface area (Å²) in [4.78, 5) is 0. The molecule has 1 fully saturated rings. The minimum Gasteiger partial charge on any atom is -0.0804 e. The van der Waals surface area contributed by atoms with E-state index in [-0.39, 0.29) is 0 Å². The number of hydrogen-bond acceptors (Lipinski definition) is 0. The van der Waals surface area contributed by atoms with Crippen molar-refractivity contribution in [3.63, 3.8) is 0 Å². The lowest BCUT2D eigenvalue weighted by Crippen LogP contribution is -2.38. The molecule has 0 aliphatic heterocycles. The van der Waals surface area contributed by atoms with E-state index < -0.39 is 0 Å². The summed E-state index contributed by atoms with van der Waals surface area (Å²) >= 11 is 0. The zero-order chi connectivity index (χ0) is 17.5. The lowest BCUT2D eigenvalue weighted by molar-refractivity contribution is 0.180. The zero-order valence-electron chi connectivity index (χ0n) is 15.6. The second kappa shape index (κ2) is 6.27. The summed E-state index contributed by atoms with van der Waals surface area (Å²) in [5.41, 5.74) is 7.26. The predicted molar refractivity (Wildman–Crippen MR) is 111 cm³/mol. The van der Waals surface area contributed by atoms with Crippen LogP contribution < -0.4 is 0 Å². The first-order valence-electron chi connectivity index (χ1n) is 10.3. The lowest BCUT2D eigenvalue weighted by Gasteiger charge is -2.50. The molecule has 0 nitrogen and oxygen atoms in total. The monoisotopic (exact) mass is 340 g/mol. The van der Waals surface area contributed by atoms with Gasteiger partial charge in [-0.25, -0.2) is 0 Å². The van der Waals surface area contributed by atoms with Crippen molar-refractivity contribution < 1.29 is 0 Å². The highest BCUT2D eigenvalue weighted by molar-refractivity contribution is 5.46. The Kier molecular flexibility index (Phi) is 3.89. The van der Waals surface area contributed by atoms with Crippen molar-refractivity contribution in [3.8, 4) is 0 Å². The molecule has 5 aliphatic rings. The Bertz CT molecular complexity index is 700. The first-order chi connectivity index (χ1) is 12.8. The molecular weight excluding hydrogens is 312 g/mol. The molecule has 5 aliphatic carbocycles. The van der Waals surface area contributed by atoms with E-state index in [4.69, 9.17) is 0 Å². The molecule has 0 spiro atoms. The minimum atomic E-state index is 0.301. The van der Waals surface area contributed by atoms with Gasteiger partial charge in [0.25, 0.3) is 0 Å². The van der Waals surface area contributed by atoms with Gasteiger partial charge in [0.2, 0.25) is 0 Å². The van der Waals surface area contributed by atoms with E-state index in [9.17, 15) is 0 Å². The predicted octanol–water partition coefficient (Wildman–Crippen LogP) is 7.08. The fourth-order valence-electron chi connectivity index (χ4n) is 6.01. The standard InChI is InChI=1S/C26H28/c1-2-10-21(9-1)25(22-11-3-4-12-22)17-19-26(20-18-25,23-13-5-6-14-23)24-15-7-8-16-24/h1-9,11,13,15H,10,12,14,16-20H2. The van der Waals surface area contributed by atoms with Crippen molar-refractivity contribution in [2.45, 2.75) is 51.4 Å². The Balaban J connectivity index is 1.49. The number of allylic oxidation sites excluding steroid dienone is 16. The van der Waals surface area contributed by atoms with Gasteiger partial charge >= 0.3 is 0 Å². The van der Waals surface area contributed by atoms with Gasteiger partial charge < -0.3 is 0 Å². The maximum absolute atomic E-state index is 2.42. The molecule has 0 unspecified atom stereocenters. The maximum atomic E-state index is 2.42. The third kappa shape index (κ3) is 2.35. The second-order valence-corrected chi connectivity index (χ2v) is 8.46. The van der Waals surface area contributed by atoms with Crippen LogP contribution >= 0.6 is 0 Å². The molecule has 0 saturated heterocycles. The Labute approximate surface area is 157 Å². The van der Waals surface area contributed by atoms with E-state index in [1.807, 2.05) is 0 Å². The van der Waals surface area contributed by atoms with Crippen LogP contribution in [0.3, 0.4) is 0 Å². The molecule has 132 valence electrons. The van der Waals surface area contributed by atoms with Gasteiger partial charge in [-0.05, 0) is 51.4 Å². The van der Waals surface area contributed by atoms with Crippen LogP contribution in [0.25, 0.3) is 0 Å². The van der Waals surface area contributed by atoms with Crippen LogP contribution in [0.15, 0.2) is 95.2 Å². The molecule has 0 heterocycles. The summed E-state index contributed by atoms with van der Waals surface area (Å²) in [5, 5.41) is 0. The summed E-state index contributed by atoms with van der Waals surface area (Å²) in [6.07, 6.45) is 37.9. The Hall–Kier alpha value is -2.08. The minimum absolute atomic E-state index is 0.301. The number of rotatable bonds is 4. The molecule has 0 radical (unpaired) electrons. The first-order valence-corrected chi connectivity index (χ1v) is 10.3. The molecule has 0 amide bonds. The van der Waals surface area contributed by atoms with Crippen LogP contribution in [-0.4, -0.2) is 0 Å². The SMILES string of the molecule is C1=CCC(C2(C3=CC=CC3)CCC(C3=CC=CC3)(C3=CC=CC3)CC2)=C1. The van der Waals surface area contributed by atoms with E-state index >= 15 is 0 Å². The lowest BCUT2D eigenvalue weighted by atomic mass is 9.54. The van der Waals surface area contributed by atoms with Crippen molar-refractivity contribution in [3.05, 3.63) is 95.2 Å². The quantitative estimate of drug-likeness (QED) is 0.513. The number of hydrogen-bond donors (Lipinski definition) is 0. The first kappa shape index (κ1) is 16.1. The van der Waals surface area contributed by atoms with E-state index in [2.05, 4.69) is 72.9 Å². The third-order valence-corrected chi connectivity index (χ3v) is 7.50. The Morgan fingerprint density at radius 3 is 0.885 bits per heavy atom. The van der Waals surface area contributed by atoms with Gasteiger partial charge in [-0.2, -0.15) is 0 Å². The van der Waals surface area contributed by atoms with E-state index in [1.54, 1.807) is 22.3 Å². The molecule has 0 bridgehead atoms. The molecule has 0 aromatic carbocycles. The van der Waals surface area contributed by atoms with Crippen LogP contribution in [0.1, 0.15) is 51.4 Å². The molecule has 0 heteroatoms. The molecule has 0 aromatic heterocycles. The largest absolute Gasteiger partial charge is 0.0804 e. The van der Waals surface area contributed by atoms with Gasteiger partial charge in [0.15, 0.2) is 0 Å². The highest BCUT2D eigenvalue weighted by Gasteiger charge is 2.49. The summed E-state index contributed by atoms with van der Waals surface area (Å²) in [7, 11) is 0. The van der Waals surface area contributed by atoms with Gasteiger partial charge in [-0.3, -0.25) is 0 Å². The maximum Gasteiger partial charge on any atom is 0.0134 e. The van der Waals surface area contributed by atoms with Crippen molar-refractivity contribution in [1.29, 1.82) is 0 Å². The van der Waals surface area contributed by atoms with E-state index in [0.717, 1.165) is 25.7 Å². The van der Waals surface area contributed by atoms with Crippen LogP contribution in [0.5, 0.6) is 0 Å². The van der Waals surface area contributed by atoms with Gasteiger partial charge in [-0.1, -0.05) is 95.2 Å². The fraction of sp³-hybridized carbons (Fsp3) is 0.385. The van der Waals surface area contributed by atoms with Gasteiger partial charge in [0.1, 0.15) is 0 Å². The van der Waals surface area contributed by atoms with Crippen molar-refractivity contribution in [1.82, 2.24) is 0 Å². The third-order valence-electron chi connectivity index (χ3n) is 7.50. The Morgan fingerprint density at radius 2 is 0.692 bits per heavy atom. The normalized spacial score (nSPS) is 27.7. The molecule has 0 N–H and O–H groups in total. The summed E-state index contributed by atoms with van der Waals surface area (Å²) in [6.45, 7) is 0. The molecule has 0 atom stereocenters. The van der Waals surface area contributed by atoms with Crippen molar-refractivity contribution in [2.24, 2.45) is 10.8 Å². The van der Waals surface area contributed by atoms with Crippen LogP contribution in [0, 0.1) is 10.8 Å². The molecule has 0 aromatic rings. The molecule has 26 heavy (non-hydrogen) atoms. The van der Waals surface area contributed by atoms with Crippen LogP contribution in [0.2, 0.25) is 0 Å². The topological polar surface area (TPSA) is 0 Å². The summed E-state index contributed by atoms with van der Waals surface area (Å²) in [6, 6.07) is 0. The Morgan fingerprint density at radius 1 is 0.423 bits per heavy atom. The fourth-order valence-corrected chi connectivity index (χ4v) is 6.01. The second-order valence-electron chi connectivity index (χ2n) is 8.46. The van der Waals surface area contributed by atoms with Gasteiger partial charge in [0, 0.05) is 10.8 Å². The summed E-state index contributed by atoms with van der Waals surface area (Å²) < 4.78 is 0. The average Bonchev–Trinajstić information content (AvgIpc) is 3.50. The smallest absolute Gasteiger partial charge is 0.0134 e. The van der Waals surface area contributed by atoms with Crippen molar-refractivity contribution >= 4 is 0 Å². The van der Waals surface area contributed by atoms with Gasteiger partial charge in [0.05, 0.1) is 0 Å². The molecular formula is C26H28. The summed E-state index contributed by atoms with van der Waals surface area (Å²) in [5.74, 6) is 0. The van der Waals surface area contributed by atoms with E-state index in [0.29, 0.717) is 10.8 Å². The van der Waals surface area contributed by atoms with E-state index in [1.165, 1.54) is 25.7 Å². The zero-order valence-corrected chi connectivity index (χ0v) is 15.6. The molecule has 5 rings (SSSR count). The van der Waals surface area contributed by atoms with Crippen LogP contribution in [0.4, 0.5) is 0 Å².